The summed E-state index contributed by atoms with van der Waals surface area (Å²) >= 11 is 0. The normalized spacial score (nSPS) is 10.3. The topological polar surface area (TPSA) is 17.1 Å². The predicted molar refractivity (Wildman–Crippen MR) is 75.6 cm³/mol. The first-order valence-electron chi connectivity index (χ1n) is 6.40. The van der Waals surface area contributed by atoms with Crippen LogP contribution in [0.3, 0.4) is 0 Å². The zero-order chi connectivity index (χ0) is 12.8. The highest BCUT2D eigenvalue weighted by Gasteiger charge is 2.01. The highest BCUT2D eigenvalue weighted by atomic mass is 16.1. The summed E-state index contributed by atoms with van der Waals surface area (Å²) in [5.41, 5.74) is 5.14. The van der Waals surface area contributed by atoms with Crippen LogP contribution in [-0.2, 0) is 11.2 Å². The second kappa shape index (κ2) is 6.15. The fourth-order valence-corrected chi connectivity index (χ4v) is 2.18. The fourth-order valence-electron chi connectivity index (χ4n) is 2.18. The Kier molecular flexibility index (Phi) is 4.30. The minimum Gasteiger partial charge on any atom is -0.303 e. The Morgan fingerprint density at radius 2 is 1.89 bits per heavy atom. The van der Waals surface area contributed by atoms with Crippen LogP contribution in [-0.4, -0.2) is 6.29 Å². The van der Waals surface area contributed by atoms with E-state index < -0.39 is 0 Å². The van der Waals surface area contributed by atoms with Gasteiger partial charge in [-0.3, -0.25) is 0 Å². The molecule has 0 heterocycles. The molecule has 1 heteroatoms. The molecule has 0 atom stereocenters. The van der Waals surface area contributed by atoms with E-state index in [2.05, 4.69) is 55.5 Å². The van der Waals surface area contributed by atoms with E-state index in [0.29, 0.717) is 6.42 Å². The first-order chi connectivity index (χ1) is 8.81. The summed E-state index contributed by atoms with van der Waals surface area (Å²) < 4.78 is 0. The lowest BCUT2D eigenvalue weighted by Crippen LogP contribution is -1.88. The van der Waals surface area contributed by atoms with Gasteiger partial charge in [0.05, 0.1) is 0 Å². The summed E-state index contributed by atoms with van der Waals surface area (Å²) in [4.78, 5) is 10.3. The number of carbonyl (C=O) groups is 1. The maximum Gasteiger partial charge on any atom is 0.120 e. The average Bonchev–Trinajstić information content (AvgIpc) is 2.40. The van der Waals surface area contributed by atoms with Gasteiger partial charge >= 0.3 is 0 Å². The van der Waals surface area contributed by atoms with Crippen molar-refractivity contribution in [2.45, 2.75) is 26.2 Å². The Balaban J connectivity index is 2.22. The van der Waals surface area contributed by atoms with Gasteiger partial charge in [-0.1, -0.05) is 48.5 Å². The lowest BCUT2D eigenvalue weighted by molar-refractivity contribution is -0.107. The molecule has 0 fully saturated rings. The van der Waals surface area contributed by atoms with E-state index >= 15 is 0 Å². The van der Waals surface area contributed by atoms with Crippen LogP contribution in [0.15, 0.2) is 48.5 Å². The largest absolute Gasteiger partial charge is 0.303 e. The Morgan fingerprint density at radius 3 is 2.67 bits per heavy atom. The number of aldehydes is 1. The average molecular weight is 238 g/mol. The monoisotopic (exact) mass is 238 g/mol. The zero-order valence-electron chi connectivity index (χ0n) is 10.7. The molecule has 1 nitrogen and oxygen atoms in total. The van der Waals surface area contributed by atoms with Gasteiger partial charge in [-0.15, -0.1) is 0 Å². The van der Waals surface area contributed by atoms with Crippen molar-refractivity contribution in [2.24, 2.45) is 0 Å². The van der Waals surface area contributed by atoms with Crippen LogP contribution in [0.4, 0.5) is 0 Å². The molecule has 18 heavy (non-hydrogen) atoms. The number of hydrogen-bond acceptors (Lipinski definition) is 1. The molecule has 2 aromatic carbocycles. The molecule has 0 spiro atoms. The summed E-state index contributed by atoms with van der Waals surface area (Å²) in [6, 6.07) is 17.0. The van der Waals surface area contributed by atoms with Crippen LogP contribution in [0.25, 0.3) is 11.1 Å². The predicted octanol–water partition coefficient (Wildman–Crippen LogP) is 4.18. The molecule has 0 bridgehead atoms. The molecule has 0 unspecified atom stereocenters. The molecule has 92 valence electrons. The number of aryl methyl sites for hydroxylation is 2. The van der Waals surface area contributed by atoms with Crippen molar-refractivity contribution < 1.29 is 4.79 Å². The Morgan fingerprint density at radius 1 is 1.06 bits per heavy atom. The van der Waals surface area contributed by atoms with Gasteiger partial charge in [0.2, 0.25) is 0 Å². The SMILES string of the molecule is Cc1ccccc1-c1cccc(CCCC=O)c1. The zero-order valence-corrected chi connectivity index (χ0v) is 10.7. The highest BCUT2D eigenvalue weighted by Crippen LogP contribution is 2.24. The Bertz CT molecular complexity index is 529. The molecule has 0 saturated heterocycles. The number of hydrogen-bond donors (Lipinski definition) is 0. The molecule has 2 aromatic rings. The van der Waals surface area contributed by atoms with E-state index in [0.717, 1.165) is 19.1 Å². The molecular formula is C17H18O. The molecular weight excluding hydrogens is 220 g/mol. The van der Waals surface area contributed by atoms with Crippen LogP contribution >= 0.6 is 0 Å². The number of rotatable bonds is 5. The molecule has 0 saturated carbocycles. The second-order valence-corrected chi connectivity index (χ2v) is 4.57. The van der Waals surface area contributed by atoms with Crippen LogP contribution < -0.4 is 0 Å². The van der Waals surface area contributed by atoms with Gasteiger partial charge in [-0.25, -0.2) is 0 Å². The lowest BCUT2D eigenvalue weighted by atomic mass is 9.97. The van der Waals surface area contributed by atoms with Crippen molar-refractivity contribution in [1.29, 1.82) is 0 Å². The highest BCUT2D eigenvalue weighted by molar-refractivity contribution is 5.67. The quantitative estimate of drug-likeness (QED) is 0.564. The molecule has 0 aliphatic carbocycles. The standard InChI is InChI=1S/C17H18O/c1-14-7-2-3-11-17(14)16-10-6-9-15(13-16)8-4-5-12-18/h2-3,6-7,9-13H,4-5,8H2,1H3. The number of unbranched alkanes of at least 4 members (excludes halogenated alkanes) is 1. The maximum absolute atomic E-state index is 10.3. The van der Waals surface area contributed by atoms with Gasteiger partial charge in [-0.05, 0) is 42.0 Å². The van der Waals surface area contributed by atoms with Crippen molar-refractivity contribution >= 4 is 6.29 Å². The van der Waals surface area contributed by atoms with Crippen LogP contribution in [0, 0.1) is 6.92 Å². The van der Waals surface area contributed by atoms with Gasteiger partial charge in [0.1, 0.15) is 6.29 Å². The van der Waals surface area contributed by atoms with Crippen LogP contribution in [0.1, 0.15) is 24.0 Å². The molecule has 0 aliphatic heterocycles. The van der Waals surface area contributed by atoms with E-state index in [-0.39, 0.29) is 0 Å². The van der Waals surface area contributed by atoms with Crippen molar-refractivity contribution in [2.75, 3.05) is 0 Å². The van der Waals surface area contributed by atoms with E-state index in [1.165, 1.54) is 22.3 Å². The lowest BCUT2D eigenvalue weighted by Gasteiger charge is -2.07. The van der Waals surface area contributed by atoms with Crippen molar-refractivity contribution in [1.82, 2.24) is 0 Å². The first kappa shape index (κ1) is 12.6. The van der Waals surface area contributed by atoms with Crippen molar-refractivity contribution in [3.8, 4) is 11.1 Å². The molecule has 0 amide bonds. The smallest absolute Gasteiger partial charge is 0.120 e. The molecule has 0 N–H and O–H groups in total. The van der Waals surface area contributed by atoms with E-state index in [1.807, 2.05) is 0 Å². The van der Waals surface area contributed by atoms with Crippen molar-refractivity contribution in [3.05, 3.63) is 59.7 Å². The summed E-state index contributed by atoms with van der Waals surface area (Å²) in [5, 5.41) is 0. The molecule has 0 radical (unpaired) electrons. The van der Waals surface area contributed by atoms with Gasteiger partial charge in [-0.2, -0.15) is 0 Å². The maximum atomic E-state index is 10.3. The number of benzene rings is 2. The Hall–Kier alpha value is -1.89. The fraction of sp³-hybridized carbons (Fsp3) is 0.235. The van der Waals surface area contributed by atoms with Crippen LogP contribution in [0.5, 0.6) is 0 Å². The molecule has 0 aromatic heterocycles. The summed E-state index contributed by atoms with van der Waals surface area (Å²) in [5.74, 6) is 0. The molecule has 2 rings (SSSR count). The second-order valence-electron chi connectivity index (χ2n) is 4.57. The van der Waals surface area contributed by atoms with Gasteiger partial charge < -0.3 is 4.79 Å². The van der Waals surface area contributed by atoms with Gasteiger partial charge in [0.15, 0.2) is 0 Å². The first-order valence-corrected chi connectivity index (χ1v) is 6.40. The summed E-state index contributed by atoms with van der Waals surface area (Å²) in [7, 11) is 0. The van der Waals surface area contributed by atoms with E-state index in [4.69, 9.17) is 0 Å². The van der Waals surface area contributed by atoms with E-state index in [1.54, 1.807) is 0 Å². The minimum atomic E-state index is 0.647. The third kappa shape index (κ3) is 3.07. The summed E-state index contributed by atoms with van der Waals surface area (Å²) in [6.07, 6.45) is 3.54. The van der Waals surface area contributed by atoms with Crippen LogP contribution in [0.2, 0.25) is 0 Å². The van der Waals surface area contributed by atoms with Gasteiger partial charge in [0, 0.05) is 6.42 Å². The van der Waals surface area contributed by atoms with Gasteiger partial charge in [0.25, 0.3) is 0 Å². The number of carbonyl (C=O) groups excluding carboxylic acids is 1. The van der Waals surface area contributed by atoms with Crippen molar-refractivity contribution in [3.63, 3.8) is 0 Å². The molecule has 0 aliphatic rings. The summed E-state index contributed by atoms with van der Waals surface area (Å²) in [6.45, 7) is 2.13. The minimum absolute atomic E-state index is 0.647. The third-order valence-electron chi connectivity index (χ3n) is 3.17. The third-order valence-corrected chi connectivity index (χ3v) is 3.17. The Labute approximate surface area is 108 Å². The van der Waals surface area contributed by atoms with E-state index in [9.17, 15) is 4.79 Å².